The lowest BCUT2D eigenvalue weighted by Gasteiger charge is -2.16. The van der Waals surface area contributed by atoms with Gasteiger partial charge < -0.3 is 9.67 Å². The van der Waals surface area contributed by atoms with Crippen LogP contribution >= 0.6 is 11.6 Å². The largest absolute Gasteiger partial charge is 0.477 e. The zero-order valence-corrected chi connectivity index (χ0v) is 12.2. The molecule has 0 bridgehead atoms. The summed E-state index contributed by atoms with van der Waals surface area (Å²) in [5.74, 6) is -1.21. The number of benzene rings is 1. The average molecular weight is 292 g/mol. The molecule has 0 atom stereocenters. The summed E-state index contributed by atoms with van der Waals surface area (Å²) in [7, 11) is 1.75. The molecule has 20 heavy (non-hydrogen) atoms. The Balaban J connectivity index is 2.86. The standard InChI is InChI=1S/C15H14ClNO3/c1-8-12(10-4-6-11(16)7-5-10)14(18)13(15(19)20)9(2)17(8)3/h4-7H,1-3H3,(H,19,20). The first-order chi connectivity index (χ1) is 9.34. The first-order valence-electron chi connectivity index (χ1n) is 6.04. The van der Waals surface area contributed by atoms with Gasteiger partial charge in [0.05, 0.1) is 0 Å². The number of hydrogen-bond donors (Lipinski definition) is 1. The maximum atomic E-state index is 12.5. The number of nitrogens with zero attached hydrogens (tertiary/aromatic N) is 1. The number of halogens is 1. The Labute approximate surface area is 121 Å². The Morgan fingerprint density at radius 3 is 2.20 bits per heavy atom. The molecule has 104 valence electrons. The van der Waals surface area contributed by atoms with Crippen molar-refractivity contribution in [2.75, 3.05) is 0 Å². The molecule has 0 unspecified atom stereocenters. The summed E-state index contributed by atoms with van der Waals surface area (Å²) in [4.78, 5) is 23.8. The summed E-state index contributed by atoms with van der Waals surface area (Å²) in [6.07, 6.45) is 0. The minimum Gasteiger partial charge on any atom is -0.477 e. The van der Waals surface area contributed by atoms with Crippen molar-refractivity contribution in [2.45, 2.75) is 13.8 Å². The highest BCUT2D eigenvalue weighted by molar-refractivity contribution is 6.30. The van der Waals surface area contributed by atoms with Crippen molar-refractivity contribution in [1.29, 1.82) is 0 Å². The van der Waals surface area contributed by atoms with Crippen LogP contribution in [-0.2, 0) is 7.05 Å². The van der Waals surface area contributed by atoms with Gasteiger partial charge in [-0.2, -0.15) is 0 Å². The lowest BCUT2D eigenvalue weighted by atomic mass is 9.99. The van der Waals surface area contributed by atoms with Crippen LogP contribution in [0.5, 0.6) is 0 Å². The highest BCUT2D eigenvalue weighted by atomic mass is 35.5. The highest BCUT2D eigenvalue weighted by Crippen LogP contribution is 2.23. The molecule has 1 heterocycles. The fourth-order valence-corrected chi connectivity index (χ4v) is 2.37. The van der Waals surface area contributed by atoms with Gasteiger partial charge in [0.1, 0.15) is 5.56 Å². The quantitative estimate of drug-likeness (QED) is 0.925. The van der Waals surface area contributed by atoms with E-state index >= 15 is 0 Å². The SMILES string of the molecule is Cc1c(C(=O)O)c(=O)c(-c2ccc(Cl)cc2)c(C)n1C. The Morgan fingerprint density at radius 2 is 1.70 bits per heavy atom. The van der Waals surface area contributed by atoms with Gasteiger partial charge in [-0.25, -0.2) is 4.79 Å². The molecule has 0 amide bonds. The van der Waals surface area contributed by atoms with Crippen LogP contribution in [0.25, 0.3) is 11.1 Å². The average Bonchev–Trinajstić information content (AvgIpc) is 2.38. The second-order valence-corrected chi connectivity index (χ2v) is 5.06. The maximum absolute atomic E-state index is 12.5. The topological polar surface area (TPSA) is 59.3 Å². The molecule has 0 radical (unpaired) electrons. The first-order valence-corrected chi connectivity index (χ1v) is 6.41. The summed E-state index contributed by atoms with van der Waals surface area (Å²) in [6.45, 7) is 3.42. The predicted octanol–water partition coefficient (Wildman–Crippen LogP) is 3.02. The fourth-order valence-electron chi connectivity index (χ4n) is 2.25. The zero-order chi connectivity index (χ0) is 15.0. The molecular weight excluding hydrogens is 278 g/mol. The van der Waals surface area contributed by atoms with Crippen LogP contribution in [0.15, 0.2) is 29.1 Å². The van der Waals surface area contributed by atoms with Crippen LogP contribution in [0.2, 0.25) is 5.02 Å². The van der Waals surface area contributed by atoms with Crippen molar-refractivity contribution in [3.8, 4) is 11.1 Å². The molecule has 1 aromatic carbocycles. The van der Waals surface area contributed by atoms with Crippen LogP contribution in [0.4, 0.5) is 0 Å². The van der Waals surface area contributed by atoms with E-state index in [0.717, 1.165) is 5.69 Å². The summed E-state index contributed by atoms with van der Waals surface area (Å²) in [5.41, 5.74) is 1.57. The molecule has 5 heteroatoms. The molecule has 0 aliphatic rings. The number of hydrogen-bond acceptors (Lipinski definition) is 2. The van der Waals surface area contributed by atoms with Gasteiger partial charge in [0.15, 0.2) is 0 Å². The second-order valence-electron chi connectivity index (χ2n) is 4.62. The minimum absolute atomic E-state index is 0.192. The fraction of sp³-hybridized carbons (Fsp3) is 0.200. The van der Waals surface area contributed by atoms with Gasteiger partial charge in [0, 0.05) is 29.0 Å². The normalized spacial score (nSPS) is 10.6. The molecule has 1 N–H and O–H groups in total. The Bertz CT molecular complexity index is 745. The number of aromatic nitrogens is 1. The molecular formula is C15H14ClNO3. The van der Waals surface area contributed by atoms with E-state index in [1.54, 1.807) is 49.7 Å². The molecule has 0 saturated carbocycles. The maximum Gasteiger partial charge on any atom is 0.341 e. The van der Waals surface area contributed by atoms with E-state index in [1.165, 1.54) is 0 Å². The molecule has 2 aromatic rings. The number of rotatable bonds is 2. The third kappa shape index (κ3) is 2.23. The lowest BCUT2D eigenvalue weighted by Crippen LogP contribution is -2.24. The van der Waals surface area contributed by atoms with Crippen molar-refractivity contribution >= 4 is 17.6 Å². The lowest BCUT2D eigenvalue weighted by molar-refractivity contribution is 0.0693. The summed E-state index contributed by atoms with van der Waals surface area (Å²) in [5, 5.41) is 9.81. The number of aromatic carboxylic acids is 1. The molecule has 0 fully saturated rings. The minimum atomic E-state index is -1.21. The van der Waals surface area contributed by atoms with E-state index < -0.39 is 11.4 Å². The van der Waals surface area contributed by atoms with Gasteiger partial charge in [-0.3, -0.25) is 4.79 Å². The van der Waals surface area contributed by atoms with Crippen LogP contribution < -0.4 is 5.43 Å². The molecule has 1 aromatic heterocycles. The molecule has 0 saturated heterocycles. The van der Waals surface area contributed by atoms with Crippen LogP contribution in [-0.4, -0.2) is 15.6 Å². The molecule has 4 nitrogen and oxygen atoms in total. The number of carboxylic acids is 1. The first kappa shape index (κ1) is 14.3. The van der Waals surface area contributed by atoms with E-state index in [2.05, 4.69) is 0 Å². The van der Waals surface area contributed by atoms with E-state index in [0.29, 0.717) is 21.8 Å². The van der Waals surface area contributed by atoms with Crippen LogP contribution in [0.3, 0.4) is 0 Å². The van der Waals surface area contributed by atoms with Crippen LogP contribution in [0.1, 0.15) is 21.7 Å². The van der Waals surface area contributed by atoms with Gasteiger partial charge in [-0.05, 0) is 31.5 Å². The molecule has 0 aliphatic carbocycles. The van der Waals surface area contributed by atoms with Crippen molar-refractivity contribution in [3.63, 3.8) is 0 Å². The predicted molar refractivity (Wildman–Crippen MR) is 78.6 cm³/mol. The highest BCUT2D eigenvalue weighted by Gasteiger charge is 2.21. The molecule has 0 aliphatic heterocycles. The number of carbonyl (C=O) groups is 1. The molecule has 2 rings (SSSR count). The monoisotopic (exact) mass is 291 g/mol. The summed E-state index contributed by atoms with van der Waals surface area (Å²) >= 11 is 5.84. The number of pyridine rings is 1. The van der Waals surface area contributed by atoms with Crippen LogP contribution in [0, 0.1) is 13.8 Å². The van der Waals surface area contributed by atoms with Gasteiger partial charge in [-0.1, -0.05) is 23.7 Å². The van der Waals surface area contributed by atoms with Crippen molar-refractivity contribution in [3.05, 3.63) is 56.5 Å². The van der Waals surface area contributed by atoms with Gasteiger partial charge in [0.25, 0.3) is 0 Å². The third-order valence-corrected chi connectivity index (χ3v) is 3.78. The third-order valence-electron chi connectivity index (χ3n) is 3.53. The second kappa shape index (κ2) is 5.13. The zero-order valence-electron chi connectivity index (χ0n) is 11.4. The van der Waals surface area contributed by atoms with Crippen molar-refractivity contribution in [2.24, 2.45) is 7.05 Å². The van der Waals surface area contributed by atoms with E-state index in [9.17, 15) is 14.7 Å². The Morgan fingerprint density at radius 1 is 1.15 bits per heavy atom. The van der Waals surface area contributed by atoms with Crippen molar-refractivity contribution in [1.82, 2.24) is 4.57 Å². The Hall–Kier alpha value is -2.07. The van der Waals surface area contributed by atoms with Gasteiger partial charge >= 0.3 is 5.97 Å². The molecule has 0 spiro atoms. The van der Waals surface area contributed by atoms with E-state index in [4.69, 9.17) is 11.6 Å². The van der Waals surface area contributed by atoms with E-state index in [-0.39, 0.29) is 5.56 Å². The van der Waals surface area contributed by atoms with Crippen molar-refractivity contribution < 1.29 is 9.90 Å². The smallest absolute Gasteiger partial charge is 0.341 e. The Kier molecular flexibility index (Phi) is 3.68. The van der Waals surface area contributed by atoms with Gasteiger partial charge in [-0.15, -0.1) is 0 Å². The van der Waals surface area contributed by atoms with E-state index in [1.807, 2.05) is 0 Å². The summed E-state index contributed by atoms with van der Waals surface area (Å²) < 4.78 is 1.72. The number of carboxylic acid groups (broad SMARTS) is 1. The summed E-state index contributed by atoms with van der Waals surface area (Å²) in [6, 6.07) is 6.78. The van der Waals surface area contributed by atoms with Gasteiger partial charge in [0.2, 0.25) is 5.43 Å².